The van der Waals surface area contributed by atoms with E-state index in [1.165, 1.54) is 0 Å². The Morgan fingerprint density at radius 3 is 1.74 bits per heavy atom. The molecular formula is C41H66N2O7. The Kier molecular flexibility index (Phi) is 32.5. The molecule has 4 N–H and O–H groups in total. The Bertz CT molecular complexity index is 1070. The molecule has 0 aliphatic carbocycles. The quantitative estimate of drug-likeness (QED) is 0.0314. The van der Waals surface area contributed by atoms with Crippen molar-refractivity contribution in [3.8, 4) is 0 Å². The number of hydrogen-bond donors (Lipinski definition) is 4. The lowest BCUT2D eigenvalue weighted by Crippen LogP contribution is -2.47. The Morgan fingerprint density at radius 2 is 1.14 bits per heavy atom. The predicted octanol–water partition coefficient (Wildman–Crippen LogP) is 8.37. The van der Waals surface area contributed by atoms with Crippen LogP contribution in [0.1, 0.15) is 136 Å². The first-order valence-corrected chi connectivity index (χ1v) is 18.8. The van der Waals surface area contributed by atoms with E-state index in [4.69, 9.17) is 14.9 Å². The van der Waals surface area contributed by atoms with Gasteiger partial charge < -0.3 is 25.6 Å². The van der Waals surface area contributed by atoms with E-state index >= 15 is 0 Å². The highest BCUT2D eigenvalue weighted by Crippen LogP contribution is 2.14. The molecule has 0 radical (unpaired) electrons. The van der Waals surface area contributed by atoms with Gasteiger partial charge in [-0.05, 0) is 83.1 Å². The zero-order valence-corrected chi connectivity index (χ0v) is 30.9. The summed E-state index contributed by atoms with van der Waals surface area (Å²) in [5.74, 6) is -2.41. The molecular weight excluding hydrogens is 632 g/mol. The molecule has 0 aliphatic rings. The first kappa shape index (κ1) is 46.3. The van der Waals surface area contributed by atoms with Gasteiger partial charge in [0, 0.05) is 12.8 Å². The number of rotatable bonds is 32. The Hall–Kier alpha value is -3.72. The van der Waals surface area contributed by atoms with Crippen LogP contribution in [-0.4, -0.2) is 59.3 Å². The molecule has 0 aromatic carbocycles. The van der Waals surface area contributed by atoms with Crippen LogP contribution in [0.5, 0.6) is 0 Å². The number of hydrogen-bond acceptors (Lipinski definition) is 6. The number of ether oxygens (including phenoxy) is 1. The highest BCUT2D eigenvalue weighted by atomic mass is 16.5. The van der Waals surface area contributed by atoms with Crippen LogP contribution in [-0.2, 0) is 23.9 Å². The summed E-state index contributed by atoms with van der Waals surface area (Å²) in [6.07, 6.45) is 42.4. The van der Waals surface area contributed by atoms with Crippen LogP contribution in [0, 0.1) is 0 Å². The number of carbonyl (C=O) groups excluding carboxylic acids is 3. The maximum absolute atomic E-state index is 12.6. The summed E-state index contributed by atoms with van der Waals surface area (Å²) in [4.78, 5) is 47.2. The minimum atomic E-state index is -1.39. The number of carbonyl (C=O) groups is 4. The van der Waals surface area contributed by atoms with Crippen molar-refractivity contribution >= 4 is 23.8 Å². The average molecular weight is 699 g/mol. The van der Waals surface area contributed by atoms with Gasteiger partial charge in [0.05, 0.1) is 13.2 Å². The van der Waals surface area contributed by atoms with Crippen molar-refractivity contribution < 1.29 is 34.1 Å². The molecule has 0 heterocycles. The summed E-state index contributed by atoms with van der Waals surface area (Å²) in [6.45, 7) is 3.21. The average Bonchev–Trinajstić information content (AvgIpc) is 3.10. The zero-order chi connectivity index (χ0) is 36.9. The van der Waals surface area contributed by atoms with E-state index in [9.17, 15) is 19.2 Å². The molecule has 0 bridgehead atoms. The first-order valence-electron chi connectivity index (χ1n) is 18.8. The molecule has 0 spiro atoms. The third-order valence-electron chi connectivity index (χ3n) is 7.68. The Balaban J connectivity index is 4.37. The predicted molar refractivity (Wildman–Crippen MR) is 203 cm³/mol. The summed E-state index contributed by atoms with van der Waals surface area (Å²) in [7, 11) is 0. The number of amides is 2. The molecule has 0 saturated heterocycles. The molecule has 2 atom stereocenters. The van der Waals surface area contributed by atoms with Gasteiger partial charge in [0.2, 0.25) is 11.8 Å². The lowest BCUT2D eigenvalue weighted by Gasteiger charge is -2.14. The van der Waals surface area contributed by atoms with Gasteiger partial charge in [-0.1, -0.05) is 113 Å². The lowest BCUT2D eigenvalue weighted by atomic mass is 10.1. The van der Waals surface area contributed by atoms with E-state index in [-0.39, 0.29) is 30.9 Å². The number of nitrogens with one attached hydrogen (secondary N) is 2. The topological polar surface area (TPSA) is 142 Å². The molecule has 0 aromatic rings. The standard InChI is InChI=1S/C41H66N2O7/c1-3-5-7-9-11-13-14-15-16-17-19-25-29-33-40(47)50-36(30-26-22-18-12-10-8-6-4-2)31-27-23-20-21-24-28-32-38(45)42-34-39(46)43-37(35-44)41(48)49/h5-8,11-13,15-16,18,26,30,36-37,44H,3-4,9-10,14,17,19-25,27-29,31-35H2,1-2H3,(H,42,45)(H,43,46)(H,48,49)/b7-5-,8-6-,13-11-,16-15-,18-12-,30-26-. The van der Waals surface area contributed by atoms with Crippen molar-refractivity contribution in [3.63, 3.8) is 0 Å². The van der Waals surface area contributed by atoms with Gasteiger partial charge in [0.25, 0.3) is 0 Å². The number of aliphatic carboxylic acids is 1. The SMILES string of the molecule is CC/C=C\C/C=C\C/C=C\CCCCCC(=O)OC(/C=C\C/C=C\C/C=C\CC)CCCCCCCCC(=O)NCC(=O)NC(CO)C(=O)O. The van der Waals surface area contributed by atoms with E-state index in [1.807, 2.05) is 6.08 Å². The fourth-order valence-electron chi connectivity index (χ4n) is 4.84. The third kappa shape index (κ3) is 31.5. The molecule has 0 rings (SSSR count). The lowest BCUT2D eigenvalue weighted by molar-refractivity contribution is -0.147. The first-order chi connectivity index (χ1) is 24.3. The van der Waals surface area contributed by atoms with Crippen molar-refractivity contribution in [2.75, 3.05) is 13.2 Å². The molecule has 0 fully saturated rings. The zero-order valence-electron chi connectivity index (χ0n) is 30.9. The van der Waals surface area contributed by atoms with Crippen LogP contribution in [0.4, 0.5) is 0 Å². The molecule has 9 heteroatoms. The van der Waals surface area contributed by atoms with Gasteiger partial charge in [-0.2, -0.15) is 0 Å². The number of carboxylic acid groups (broad SMARTS) is 1. The molecule has 282 valence electrons. The van der Waals surface area contributed by atoms with Gasteiger partial charge >= 0.3 is 11.9 Å². The van der Waals surface area contributed by atoms with E-state index in [0.717, 1.165) is 103 Å². The second-order valence-electron chi connectivity index (χ2n) is 12.2. The molecule has 2 unspecified atom stereocenters. The second kappa shape index (κ2) is 35.1. The maximum Gasteiger partial charge on any atom is 0.328 e. The summed E-state index contributed by atoms with van der Waals surface area (Å²) in [6, 6.07) is -1.39. The number of aliphatic hydroxyl groups is 1. The largest absolute Gasteiger partial charge is 0.480 e. The van der Waals surface area contributed by atoms with Crippen molar-refractivity contribution in [1.29, 1.82) is 0 Å². The van der Waals surface area contributed by atoms with E-state index in [1.54, 1.807) is 0 Å². The van der Waals surface area contributed by atoms with Crippen molar-refractivity contribution in [3.05, 3.63) is 72.9 Å². The van der Waals surface area contributed by atoms with Crippen molar-refractivity contribution in [2.24, 2.45) is 0 Å². The van der Waals surface area contributed by atoms with Crippen LogP contribution in [0.2, 0.25) is 0 Å². The number of aliphatic hydroxyl groups excluding tert-OH is 1. The summed E-state index contributed by atoms with van der Waals surface area (Å²) >= 11 is 0. The number of esters is 1. The molecule has 0 saturated carbocycles. The van der Waals surface area contributed by atoms with Gasteiger partial charge in [-0.15, -0.1) is 0 Å². The fourth-order valence-corrected chi connectivity index (χ4v) is 4.84. The molecule has 9 nitrogen and oxygen atoms in total. The summed E-state index contributed by atoms with van der Waals surface area (Å²) in [5, 5.41) is 22.4. The van der Waals surface area contributed by atoms with Gasteiger partial charge in [0.15, 0.2) is 0 Å². The normalized spacial score (nSPS) is 13.3. The fraction of sp³-hybridized carbons (Fsp3) is 0.610. The Morgan fingerprint density at radius 1 is 0.620 bits per heavy atom. The van der Waals surface area contributed by atoms with Crippen LogP contribution in [0.3, 0.4) is 0 Å². The Labute approximate surface area is 302 Å². The van der Waals surface area contributed by atoms with Crippen LogP contribution in [0.25, 0.3) is 0 Å². The van der Waals surface area contributed by atoms with Crippen LogP contribution < -0.4 is 10.6 Å². The van der Waals surface area contributed by atoms with Gasteiger partial charge in [-0.3, -0.25) is 14.4 Å². The van der Waals surface area contributed by atoms with Crippen LogP contribution >= 0.6 is 0 Å². The highest BCUT2D eigenvalue weighted by molar-refractivity contribution is 5.87. The van der Waals surface area contributed by atoms with E-state index in [2.05, 4.69) is 91.3 Å². The molecule has 0 aliphatic heterocycles. The van der Waals surface area contributed by atoms with Gasteiger partial charge in [-0.25, -0.2) is 4.79 Å². The van der Waals surface area contributed by atoms with E-state index in [0.29, 0.717) is 12.8 Å². The van der Waals surface area contributed by atoms with E-state index < -0.39 is 24.5 Å². The second-order valence-corrected chi connectivity index (χ2v) is 12.2. The highest BCUT2D eigenvalue weighted by Gasteiger charge is 2.18. The maximum atomic E-state index is 12.6. The number of unbranched alkanes of at least 4 members (excludes halogenated alkanes) is 8. The molecule has 50 heavy (non-hydrogen) atoms. The molecule has 2 amide bonds. The third-order valence-corrected chi connectivity index (χ3v) is 7.68. The minimum absolute atomic E-state index is 0.136. The van der Waals surface area contributed by atoms with Gasteiger partial charge in [0.1, 0.15) is 12.1 Å². The van der Waals surface area contributed by atoms with Crippen LogP contribution in [0.15, 0.2) is 72.9 Å². The smallest absolute Gasteiger partial charge is 0.328 e. The number of allylic oxidation sites excluding steroid dienone is 11. The summed E-state index contributed by atoms with van der Waals surface area (Å²) in [5.41, 5.74) is 0. The minimum Gasteiger partial charge on any atom is -0.480 e. The van der Waals surface area contributed by atoms with Crippen molar-refractivity contribution in [1.82, 2.24) is 10.6 Å². The monoisotopic (exact) mass is 698 g/mol. The number of carboxylic acids is 1. The molecule has 0 aromatic heterocycles. The summed E-state index contributed by atoms with van der Waals surface area (Å²) < 4.78 is 5.87. The van der Waals surface area contributed by atoms with Crippen molar-refractivity contribution in [2.45, 2.75) is 148 Å².